The number of benzene rings is 1. The van der Waals surface area contributed by atoms with E-state index in [1.165, 1.54) is 24.4 Å². The summed E-state index contributed by atoms with van der Waals surface area (Å²) in [4.78, 5) is 0. The van der Waals surface area contributed by atoms with Gasteiger partial charge in [-0.2, -0.15) is 0 Å². The van der Waals surface area contributed by atoms with E-state index in [9.17, 15) is 0 Å². The van der Waals surface area contributed by atoms with E-state index in [2.05, 4.69) is 42.1 Å². The van der Waals surface area contributed by atoms with Crippen molar-refractivity contribution in [3.05, 3.63) is 47.7 Å². The average molecular weight is 239 g/mol. The Morgan fingerprint density at radius 3 is 2.67 bits per heavy atom. The molecule has 0 spiro atoms. The molecular formula is C13H19ClSi. The van der Waals surface area contributed by atoms with E-state index >= 15 is 0 Å². The highest BCUT2D eigenvalue weighted by molar-refractivity contribution is 6.41. The van der Waals surface area contributed by atoms with E-state index < -0.39 is 0 Å². The summed E-state index contributed by atoms with van der Waals surface area (Å²) in [5.41, 5.74) is 3.82. The zero-order chi connectivity index (χ0) is 10.8. The van der Waals surface area contributed by atoms with E-state index in [4.69, 9.17) is 11.6 Å². The molecule has 0 aromatic heterocycles. The maximum absolute atomic E-state index is 5.62. The zero-order valence-corrected chi connectivity index (χ0v) is 11.3. The first-order chi connectivity index (χ1) is 7.43. The van der Waals surface area contributed by atoms with Crippen molar-refractivity contribution >= 4 is 21.1 Å². The molecule has 0 aliphatic rings. The summed E-state index contributed by atoms with van der Waals surface area (Å²) < 4.78 is 0. The van der Waals surface area contributed by atoms with Crippen LogP contribution in [0.4, 0.5) is 0 Å². The number of hydrogen-bond acceptors (Lipinski definition) is 0. The van der Waals surface area contributed by atoms with Crippen LogP contribution in [0.25, 0.3) is 0 Å². The molecule has 0 saturated heterocycles. The minimum atomic E-state index is 0.0359. The highest BCUT2D eigenvalue weighted by Crippen LogP contribution is 2.01. The van der Waals surface area contributed by atoms with Crippen LogP contribution in [0.2, 0.25) is 6.04 Å². The topological polar surface area (TPSA) is 0 Å². The summed E-state index contributed by atoms with van der Waals surface area (Å²) in [5, 5.41) is 0. The molecule has 1 rings (SSSR count). The standard InChI is InChI=1S/C13H19ClSi/c14-10-4-5-11-15-12-6-9-13-7-2-1-3-8-13/h1-3,6-8,12H,4-5,9-11,15H2. The van der Waals surface area contributed by atoms with Gasteiger partial charge in [0.25, 0.3) is 0 Å². The van der Waals surface area contributed by atoms with Gasteiger partial charge in [0.1, 0.15) is 0 Å². The molecule has 0 N–H and O–H groups in total. The van der Waals surface area contributed by atoms with Crippen LogP contribution in [0.5, 0.6) is 0 Å². The van der Waals surface area contributed by atoms with E-state index in [-0.39, 0.29) is 9.52 Å². The molecule has 0 aliphatic heterocycles. The Balaban J connectivity index is 2.07. The van der Waals surface area contributed by atoms with Crippen molar-refractivity contribution < 1.29 is 0 Å². The fraction of sp³-hybridized carbons (Fsp3) is 0.385. The van der Waals surface area contributed by atoms with Gasteiger partial charge in [-0.05, 0) is 18.4 Å². The van der Waals surface area contributed by atoms with E-state index in [1.54, 1.807) is 0 Å². The first-order valence-corrected chi connectivity index (χ1v) is 8.03. The van der Waals surface area contributed by atoms with Crippen LogP contribution in [0, 0.1) is 0 Å². The maximum Gasteiger partial charge on any atom is 0.0450 e. The van der Waals surface area contributed by atoms with Crippen LogP contribution in [0.1, 0.15) is 18.4 Å². The monoisotopic (exact) mass is 238 g/mol. The Morgan fingerprint density at radius 2 is 1.93 bits per heavy atom. The van der Waals surface area contributed by atoms with Crippen LogP contribution >= 0.6 is 11.6 Å². The lowest BCUT2D eigenvalue weighted by molar-refractivity contribution is 0.887. The first kappa shape index (κ1) is 12.5. The molecule has 0 amide bonds. The van der Waals surface area contributed by atoms with Gasteiger partial charge in [0, 0.05) is 15.4 Å². The molecule has 1 aromatic carbocycles. The predicted octanol–water partition coefficient (Wildman–Crippen LogP) is 3.35. The van der Waals surface area contributed by atoms with Gasteiger partial charge in [0.05, 0.1) is 0 Å². The Kier molecular flexibility index (Phi) is 7.31. The largest absolute Gasteiger partial charge is 0.127 e. The smallest absolute Gasteiger partial charge is 0.0450 e. The summed E-state index contributed by atoms with van der Waals surface area (Å²) >= 11 is 5.62. The van der Waals surface area contributed by atoms with Crippen molar-refractivity contribution in [1.82, 2.24) is 0 Å². The van der Waals surface area contributed by atoms with Crippen LogP contribution in [-0.4, -0.2) is 15.4 Å². The summed E-state index contributed by atoms with van der Waals surface area (Å²) in [7, 11) is 0.0359. The second-order valence-corrected chi connectivity index (χ2v) is 5.83. The van der Waals surface area contributed by atoms with Crippen molar-refractivity contribution in [1.29, 1.82) is 0 Å². The van der Waals surface area contributed by atoms with E-state index in [1.807, 2.05) is 0 Å². The third-order valence-corrected chi connectivity index (χ3v) is 4.21. The predicted molar refractivity (Wildman–Crippen MR) is 72.6 cm³/mol. The highest BCUT2D eigenvalue weighted by Gasteiger charge is 1.87. The van der Waals surface area contributed by atoms with Crippen molar-refractivity contribution in [2.75, 3.05) is 5.88 Å². The van der Waals surface area contributed by atoms with Crippen LogP contribution in [-0.2, 0) is 6.42 Å². The lowest BCUT2D eigenvalue weighted by atomic mass is 10.2. The SMILES string of the molecule is ClCCCC[SiH2]C=CCc1ccccc1. The van der Waals surface area contributed by atoms with Crippen LogP contribution in [0.3, 0.4) is 0 Å². The Morgan fingerprint density at radius 1 is 1.13 bits per heavy atom. The van der Waals surface area contributed by atoms with Crippen molar-refractivity contribution in [2.45, 2.75) is 25.3 Å². The minimum Gasteiger partial charge on any atom is -0.127 e. The molecule has 2 heteroatoms. The Hall–Kier alpha value is -0.533. The number of allylic oxidation sites excluding steroid dienone is 1. The number of rotatable bonds is 7. The molecule has 0 fully saturated rings. The van der Waals surface area contributed by atoms with Crippen molar-refractivity contribution in [2.24, 2.45) is 0 Å². The Bertz CT molecular complexity index is 269. The number of unbranched alkanes of at least 4 members (excludes halogenated alkanes) is 1. The van der Waals surface area contributed by atoms with Gasteiger partial charge in [-0.3, -0.25) is 0 Å². The second kappa shape index (κ2) is 8.75. The molecule has 0 aliphatic carbocycles. The third kappa shape index (κ3) is 6.53. The van der Waals surface area contributed by atoms with E-state index in [0.717, 1.165) is 12.3 Å². The van der Waals surface area contributed by atoms with Gasteiger partial charge in [-0.15, -0.1) is 17.3 Å². The number of hydrogen-bond donors (Lipinski definition) is 0. The van der Waals surface area contributed by atoms with Gasteiger partial charge in [-0.1, -0.05) is 48.9 Å². The maximum atomic E-state index is 5.62. The van der Waals surface area contributed by atoms with Gasteiger partial charge in [0.2, 0.25) is 0 Å². The molecule has 0 saturated carbocycles. The van der Waals surface area contributed by atoms with Crippen molar-refractivity contribution in [3.63, 3.8) is 0 Å². The molecule has 0 heterocycles. The lowest BCUT2D eigenvalue weighted by Gasteiger charge is -1.95. The lowest BCUT2D eigenvalue weighted by Crippen LogP contribution is -1.86. The van der Waals surface area contributed by atoms with Crippen LogP contribution in [0.15, 0.2) is 42.1 Å². The fourth-order valence-corrected chi connectivity index (χ4v) is 2.95. The third-order valence-electron chi connectivity index (χ3n) is 2.37. The molecule has 0 radical (unpaired) electrons. The normalized spacial score (nSPS) is 11.8. The molecule has 0 atom stereocenters. The molecule has 15 heavy (non-hydrogen) atoms. The minimum absolute atomic E-state index is 0.0359. The molecular weight excluding hydrogens is 220 g/mol. The van der Waals surface area contributed by atoms with Gasteiger partial charge >= 0.3 is 0 Å². The number of alkyl halides is 1. The number of halogens is 1. The summed E-state index contributed by atoms with van der Waals surface area (Å²) in [5.74, 6) is 0.822. The van der Waals surface area contributed by atoms with Crippen molar-refractivity contribution in [3.8, 4) is 0 Å². The molecule has 0 bridgehead atoms. The Labute approximate surface area is 100 Å². The molecule has 0 unspecified atom stereocenters. The second-order valence-electron chi connectivity index (χ2n) is 3.70. The summed E-state index contributed by atoms with van der Waals surface area (Å²) in [6.45, 7) is 0. The quantitative estimate of drug-likeness (QED) is 0.388. The van der Waals surface area contributed by atoms with Gasteiger partial charge < -0.3 is 0 Å². The van der Waals surface area contributed by atoms with Crippen LogP contribution < -0.4 is 0 Å². The fourth-order valence-electron chi connectivity index (χ4n) is 1.48. The molecule has 1 aromatic rings. The van der Waals surface area contributed by atoms with Gasteiger partial charge in [0.15, 0.2) is 0 Å². The molecule has 82 valence electrons. The summed E-state index contributed by atoms with van der Waals surface area (Å²) in [6.07, 6.45) is 5.90. The van der Waals surface area contributed by atoms with Gasteiger partial charge in [-0.25, -0.2) is 0 Å². The summed E-state index contributed by atoms with van der Waals surface area (Å²) in [6, 6.07) is 12.0. The molecule has 0 nitrogen and oxygen atoms in total. The highest BCUT2D eigenvalue weighted by atomic mass is 35.5. The average Bonchev–Trinajstić information content (AvgIpc) is 2.29. The first-order valence-electron chi connectivity index (χ1n) is 5.68. The zero-order valence-electron chi connectivity index (χ0n) is 9.16. The van der Waals surface area contributed by atoms with E-state index in [0.29, 0.717) is 0 Å².